The SMILES string of the molecule is CCNC(=O)c1ccn2c(C(C)C)cnc2c1. The van der Waals surface area contributed by atoms with Crippen molar-refractivity contribution in [3.8, 4) is 0 Å². The van der Waals surface area contributed by atoms with Gasteiger partial charge in [-0.2, -0.15) is 0 Å². The number of imidazole rings is 1. The Bertz CT molecular complexity index is 543. The molecule has 0 radical (unpaired) electrons. The van der Waals surface area contributed by atoms with Crippen LogP contribution >= 0.6 is 0 Å². The number of hydrogen-bond acceptors (Lipinski definition) is 2. The highest BCUT2D eigenvalue weighted by molar-refractivity contribution is 5.94. The molecular formula is C13H17N3O. The molecule has 0 unspecified atom stereocenters. The molecule has 0 aliphatic rings. The maximum absolute atomic E-state index is 11.7. The Balaban J connectivity index is 2.42. The third kappa shape index (κ3) is 2.16. The number of hydrogen-bond donors (Lipinski definition) is 1. The standard InChI is InChI=1S/C13H17N3O/c1-4-14-13(17)10-5-6-16-11(9(2)3)8-15-12(16)7-10/h5-9H,4H2,1-3H3,(H,14,17). The first-order chi connectivity index (χ1) is 8.13. The molecule has 2 heterocycles. The monoisotopic (exact) mass is 231 g/mol. The molecule has 1 N–H and O–H groups in total. The first-order valence-electron chi connectivity index (χ1n) is 5.88. The van der Waals surface area contributed by atoms with E-state index in [0.717, 1.165) is 11.3 Å². The van der Waals surface area contributed by atoms with Gasteiger partial charge in [-0.3, -0.25) is 4.79 Å². The molecule has 0 aliphatic heterocycles. The number of nitrogens with zero attached hydrogens (tertiary/aromatic N) is 2. The van der Waals surface area contributed by atoms with Crippen LogP contribution in [0.5, 0.6) is 0 Å². The van der Waals surface area contributed by atoms with Crippen molar-refractivity contribution in [3.05, 3.63) is 35.8 Å². The molecule has 0 spiro atoms. The van der Waals surface area contributed by atoms with E-state index < -0.39 is 0 Å². The van der Waals surface area contributed by atoms with Crippen molar-refractivity contribution in [1.29, 1.82) is 0 Å². The molecule has 0 saturated heterocycles. The third-order valence-corrected chi connectivity index (χ3v) is 2.73. The lowest BCUT2D eigenvalue weighted by molar-refractivity contribution is 0.0956. The summed E-state index contributed by atoms with van der Waals surface area (Å²) in [6, 6.07) is 3.64. The molecule has 90 valence electrons. The number of carbonyl (C=O) groups is 1. The van der Waals surface area contributed by atoms with Crippen LogP contribution in [-0.2, 0) is 0 Å². The fourth-order valence-electron chi connectivity index (χ4n) is 1.83. The van der Waals surface area contributed by atoms with E-state index in [1.54, 1.807) is 0 Å². The van der Waals surface area contributed by atoms with Crippen LogP contribution in [0.1, 0.15) is 42.7 Å². The van der Waals surface area contributed by atoms with Crippen molar-refractivity contribution < 1.29 is 4.79 Å². The van der Waals surface area contributed by atoms with Crippen molar-refractivity contribution >= 4 is 11.6 Å². The van der Waals surface area contributed by atoms with Gasteiger partial charge in [-0.1, -0.05) is 13.8 Å². The van der Waals surface area contributed by atoms with Crippen molar-refractivity contribution in [1.82, 2.24) is 14.7 Å². The summed E-state index contributed by atoms with van der Waals surface area (Å²) >= 11 is 0. The number of rotatable bonds is 3. The molecule has 2 rings (SSSR count). The summed E-state index contributed by atoms with van der Waals surface area (Å²) in [5.74, 6) is 0.365. The van der Waals surface area contributed by atoms with Gasteiger partial charge in [0.05, 0.1) is 0 Å². The molecule has 17 heavy (non-hydrogen) atoms. The lowest BCUT2D eigenvalue weighted by Gasteiger charge is -2.06. The number of carbonyl (C=O) groups excluding carboxylic acids is 1. The van der Waals surface area contributed by atoms with E-state index >= 15 is 0 Å². The van der Waals surface area contributed by atoms with Crippen molar-refractivity contribution in [2.24, 2.45) is 0 Å². The van der Waals surface area contributed by atoms with Crippen LogP contribution in [0.15, 0.2) is 24.5 Å². The van der Waals surface area contributed by atoms with Crippen LogP contribution in [0.3, 0.4) is 0 Å². The Morgan fingerprint density at radius 2 is 2.29 bits per heavy atom. The normalized spacial score (nSPS) is 11.1. The number of aromatic nitrogens is 2. The molecule has 4 nitrogen and oxygen atoms in total. The largest absolute Gasteiger partial charge is 0.352 e. The topological polar surface area (TPSA) is 46.4 Å². The Morgan fingerprint density at radius 3 is 2.94 bits per heavy atom. The molecule has 2 aromatic heterocycles. The zero-order valence-electron chi connectivity index (χ0n) is 10.4. The molecule has 0 fully saturated rings. The smallest absolute Gasteiger partial charge is 0.251 e. The van der Waals surface area contributed by atoms with E-state index in [4.69, 9.17) is 0 Å². The van der Waals surface area contributed by atoms with Crippen molar-refractivity contribution in [3.63, 3.8) is 0 Å². The molecular weight excluding hydrogens is 214 g/mol. The first kappa shape index (κ1) is 11.6. The lowest BCUT2D eigenvalue weighted by Crippen LogP contribution is -2.22. The number of amides is 1. The second kappa shape index (κ2) is 4.57. The summed E-state index contributed by atoms with van der Waals surface area (Å²) in [6.45, 7) is 6.79. The van der Waals surface area contributed by atoms with Gasteiger partial charge in [0, 0.05) is 30.2 Å². The van der Waals surface area contributed by atoms with Crippen LogP contribution in [0.25, 0.3) is 5.65 Å². The number of pyridine rings is 1. The number of fused-ring (bicyclic) bond motifs is 1. The van der Waals surface area contributed by atoms with E-state index in [-0.39, 0.29) is 5.91 Å². The summed E-state index contributed by atoms with van der Waals surface area (Å²) in [5, 5.41) is 2.78. The number of nitrogens with one attached hydrogen (secondary N) is 1. The summed E-state index contributed by atoms with van der Waals surface area (Å²) in [6.07, 6.45) is 3.77. The van der Waals surface area contributed by atoms with E-state index in [1.165, 1.54) is 0 Å². The van der Waals surface area contributed by atoms with Gasteiger partial charge >= 0.3 is 0 Å². The van der Waals surface area contributed by atoms with Gasteiger partial charge in [0.2, 0.25) is 0 Å². The van der Waals surface area contributed by atoms with Crippen molar-refractivity contribution in [2.75, 3.05) is 6.54 Å². The molecule has 0 saturated carbocycles. The molecule has 4 heteroatoms. The van der Waals surface area contributed by atoms with Gasteiger partial charge in [0.1, 0.15) is 5.65 Å². The Morgan fingerprint density at radius 1 is 1.53 bits per heavy atom. The second-order valence-electron chi connectivity index (χ2n) is 4.34. The predicted octanol–water partition coefficient (Wildman–Crippen LogP) is 2.21. The zero-order valence-corrected chi connectivity index (χ0v) is 10.4. The summed E-state index contributed by atoms with van der Waals surface area (Å²) in [7, 11) is 0. The summed E-state index contributed by atoms with van der Waals surface area (Å²) in [5.41, 5.74) is 2.63. The van der Waals surface area contributed by atoms with Crippen molar-refractivity contribution in [2.45, 2.75) is 26.7 Å². The van der Waals surface area contributed by atoms with Crippen LogP contribution in [0, 0.1) is 0 Å². The van der Waals surface area contributed by atoms with Gasteiger partial charge < -0.3 is 9.72 Å². The fraction of sp³-hybridized carbons (Fsp3) is 0.385. The minimum atomic E-state index is -0.0518. The van der Waals surface area contributed by atoms with E-state index in [9.17, 15) is 4.79 Å². The average molecular weight is 231 g/mol. The maximum atomic E-state index is 11.7. The van der Waals surface area contributed by atoms with Gasteiger partial charge in [0.15, 0.2) is 0 Å². The first-order valence-corrected chi connectivity index (χ1v) is 5.88. The summed E-state index contributed by atoms with van der Waals surface area (Å²) < 4.78 is 2.02. The third-order valence-electron chi connectivity index (χ3n) is 2.73. The molecule has 0 aromatic carbocycles. The van der Waals surface area contributed by atoms with Gasteiger partial charge in [0.25, 0.3) is 5.91 Å². The lowest BCUT2D eigenvalue weighted by atomic mass is 10.1. The Labute approximate surface area is 101 Å². The van der Waals surface area contributed by atoms with Crippen LogP contribution in [0.2, 0.25) is 0 Å². The Kier molecular flexibility index (Phi) is 3.13. The maximum Gasteiger partial charge on any atom is 0.251 e. The molecule has 1 amide bonds. The quantitative estimate of drug-likeness (QED) is 0.880. The summed E-state index contributed by atoms with van der Waals surface area (Å²) in [4.78, 5) is 16.0. The molecule has 2 aromatic rings. The molecule has 0 atom stereocenters. The van der Waals surface area contributed by atoms with E-state index in [0.29, 0.717) is 18.0 Å². The predicted molar refractivity (Wildman–Crippen MR) is 67.3 cm³/mol. The van der Waals surface area contributed by atoms with Crippen LogP contribution < -0.4 is 5.32 Å². The highest BCUT2D eigenvalue weighted by atomic mass is 16.1. The van der Waals surface area contributed by atoms with Gasteiger partial charge in [-0.25, -0.2) is 4.98 Å². The second-order valence-corrected chi connectivity index (χ2v) is 4.34. The van der Waals surface area contributed by atoms with Crippen LogP contribution in [0.4, 0.5) is 0 Å². The van der Waals surface area contributed by atoms with Gasteiger partial charge in [-0.05, 0) is 25.0 Å². The van der Waals surface area contributed by atoms with Crippen LogP contribution in [-0.4, -0.2) is 21.8 Å². The van der Waals surface area contributed by atoms with Gasteiger partial charge in [-0.15, -0.1) is 0 Å². The minimum Gasteiger partial charge on any atom is -0.352 e. The molecule has 0 bridgehead atoms. The van der Waals surface area contributed by atoms with E-state index in [2.05, 4.69) is 24.1 Å². The fourth-order valence-corrected chi connectivity index (χ4v) is 1.83. The highest BCUT2D eigenvalue weighted by Crippen LogP contribution is 2.17. The average Bonchev–Trinajstić information content (AvgIpc) is 2.71. The van der Waals surface area contributed by atoms with E-state index in [1.807, 2.05) is 35.9 Å². The zero-order chi connectivity index (χ0) is 12.4. The highest BCUT2D eigenvalue weighted by Gasteiger charge is 2.10. The minimum absolute atomic E-state index is 0.0518. The molecule has 0 aliphatic carbocycles. The Hall–Kier alpha value is -1.84.